The molecule has 0 saturated carbocycles. The van der Waals surface area contributed by atoms with E-state index in [0.29, 0.717) is 5.56 Å². The molecule has 0 bridgehead atoms. The van der Waals surface area contributed by atoms with Crippen LogP contribution in [0, 0.1) is 0 Å². The summed E-state index contributed by atoms with van der Waals surface area (Å²) in [4.78, 5) is 23.1. The summed E-state index contributed by atoms with van der Waals surface area (Å²) in [7, 11) is -1.48. The van der Waals surface area contributed by atoms with E-state index in [1.165, 1.54) is 12.1 Å². The molecule has 26 heavy (non-hydrogen) atoms. The number of carbonyl (C=O) groups is 2. The molecular weight excluding hydrogens is 352 g/mol. The molecule has 0 amide bonds. The second-order valence-corrected chi connectivity index (χ2v) is 7.12. The first-order valence-electron chi connectivity index (χ1n) is 7.88. The van der Waals surface area contributed by atoms with E-state index in [1.807, 2.05) is 42.5 Å². The van der Waals surface area contributed by atoms with Crippen molar-refractivity contribution in [2.75, 3.05) is 5.75 Å². The summed E-state index contributed by atoms with van der Waals surface area (Å²) in [6.07, 6.45) is 0. The number of carboxylic acid groups (broad SMARTS) is 1. The lowest BCUT2D eigenvalue weighted by atomic mass is 10.0. The first kappa shape index (κ1) is 17.8. The van der Waals surface area contributed by atoms with Crippen LogP contribution in [-0.2, 0) is 16.6 Å². The van der Waals surface area contributed by atoms with Crippen LogP contribution in [0.4, 0.5) is 0 Å². The highest BCUT2D eigenvalue weighted by molar-refractivity contribution is 7.85. The standard InChI is InChI=1S/C20H16O5S/c21-18(13-26(24)12-17-10-11-19(25-17)20(22)23)16-8-6-15(7-9-16)14-4-2-1-3-5-14/h1-11H,12-13H2,(H,22,23). The van der Waals surface area contributed by atoms with E-state index in [9.17, 15) is 13.8 Å². The summed E-state index contributed by atoms with van der Waals surface area (Å²) in [6, 6.07) is 19.7. The number of Topliss-reactive ketones (excluding diaryl/α,β-unsaturated/α-hetero) is 1. The van der Waals surface area contributed by atoms with Gasteiger partial charge in [0, 0.05) is 16.4 Å². The van der Waals surface area contributed by atoms with Gasteiger partial charge in [0.25, 0.3) is 0 Å². The van der Waals surface area contributed by atoms with Crippen molar-refractivity contribution >= 4 is 22.6 Å². The van der Waals surface area contributed by atoms with Crippen molar-refractivity contribution in [3.05, 3.63) is 83.8 Å². The lowest BCUT2D eigenvalue weighted by Gasteiger charge is -2.04. The summed E-state index contributed by atoms with van der Waals surface area (Å²) in [5.41, 5.74) is 2.55. The van der Waals surface area contributed by atoms with Crippen molar-refractivity contribution in [3.8, 4) is 11.1 Å². The number of hydrogen-bond acceptors (Lipinski definition) is 4. The predicted octanol–water partition coefficient (Wildman–Crippen LogP) is 3.78. The molecule has 1 atom stereocenters. The molecule has 3 aromatic rings. The molecule has 5 nitrogen and oxygen atoms in total. The zero-order chi connectivity index (χ0) is 18.5. The van der Waals surface area contributed by atoms with Gasteiger partial charge < -0.3 is 9.52 Å². The minimum atomic E-state index is -1.48. The Balaban J connectivity index is 1.62. The summed E-state index contributed by atoms with van der Waals surface area (Å²) >= 11 is 0. The van der Waals surface area contributed by atoms with Crippen LogP contribution in [0.2, 0.25) is 0 Å². The number of carboxylic acids is 1. The number of hydrogen-bond donors (Lipinski definition) is 1. The average Bonchev–Trinajstić information content (AvgIpc) is 3.11. The quantitative estimate of drug-likeness (QED) is 0.642. The van der Waals surface area contributed by atoms with Gasteiger partial charge in [0.2, 0.25) is 5.76 Å². The SMILES string of the molecule is O=C(CS(=O)Cc1ccc(C(=O)O)o1)c1ccc(-c2ccccc2)cc1. The maximum absolute atomic E-state index is 12.3. The molecule has 0 fully saturated rings. The van der Waals surface area contributed by atoms with E-state index in [1.54, 1.807) is 12.1 Å². The molecule has 0 aliphatic rings. The number of rotatable bonds is 7. The van der Waals surface area contributed by atoms with Crippen molar-refractivity contribution in [1.82, 2.24) is 0 Å². The maximum atomic E-state index is 12.3. The molecule has 0 aliphatic heterocycles. The van der Waals surface area contributed by atoms with Crippen LogP contribution in [0.25, 0.3) is 11.1 Å². The Kier molecular flexibility index (Phi) is 5.43. The van der Waals surface area contributed by atoms with Crippen LogP contribution in [0.1, 0.15) is 26.7 Å². The van der Waals surface area contributed by atoms with Crippen molar-refractivity contribution in [3.63, 3.8) is 0 Å². The van der Waals surface area contributed by atoms with Crippen LogP contribution >= 0.6 is 0 Å². The molecule has 132 valence electrons. The smallest absolute Gasteiger partial charge is 0.371 e. The highest BCUT2D eigenvalue weighted by Gasteiger charge is 2.15. The van der Waals surface area contributed by atoms with Gasteiger partial charge in [-0.1, -0.05) is 54.6 Å². The molecule has 1 heterocycles. The van der Waals surface area contributed by atoms with E-state index in [0.717, 1.165) is 11.1 Å². The summed E-state index contributed by atoms with van der Waals surface area (Å²) in [5, 5.41) is 8.81. The minimum Gasteiger partial charge on any atom is -0.475 e. The molecule has 0 radical (unpaired) electrons. The van der Waals surface area contributed by atoms with E-state index < -0.39 is 16.8 Å². The van der Waals surface area contributed by atoms with Crippen molar-refractivity contribution in [1.29, 1.82) is 0 Å². The third-order valence-electron chi connectivity index (χ3n) is 3.78. The molecule has 3 rings (SSSR count). The Morgan fingerprint density at radius 1 is 0.885 bits per heavy atom. The molecule has 1 N–H and O–H groups in total. The van der Waals surface area contributed by atoms with Crippen LogP contribution in [0.5, 0.6) is 0 Å². The molecule has 2 aromatic carbocycles. The number of aromatic carboxylic acids is 1. The van der Waals surface area contributed by atoms with E-state index >= 15 is 0 Å². The highest BCUT2D eigenvalue weighted by Crippen LogP contribution is 2.19. The van der Waals surface area contributed by atoms with Crippen molar-refractivity contribution in [2.45, 2.75) is 5.75 Å². The Hall–Kier alpha value is -2.99. The van der Waals surface area contributed by atoms with Gasteiger partial charge in [-0.3, -0.25) is 9.00 Å². The average molecular weight is 368 g/mol. The highest BCUT2D eigenvalue weighted by atomic mass is 32.2. The molecule has 0 spiro atoms. The number of ketones is 1. The third-order valence-corrected chi connectivity index (χ3v) is 4.97. The van der Waals surface area contributed by atoms with Gasteiger partial charge in [0.15, 0.2) is 5.78 Å². The Morgan fingerprint density at radius 2 is 1.54 bits per heavy atom. The summed E-state index contributed by atoms with van der Waals surface area (Å²) < 4.78 is 17.2. The monoisotopic (exact) mass is 368 g/mol. The van der Waals surface area contributed by atoms with E-state index in [4.69, 9.17) is 9.52 Å². The number of benzene rings is 2. The zero-order valence-electron chi connectivity index (χ0n) is 13.8. The lowest BCUT2D eigenvalue weighted by molar-refractivity contribution is 0.0660. The summed E-state index contributed by atoms with van der Waals surface area (Å²) in [6.45, 7) is 0. The van der Waals surface area contributed by atoms with Gasteiger partial charge in [0.05, 0.1) is 11.5 Å². The third kappa shape index (κ3) is 4.34. The van der Waals surface area contributed by atoms with Crippen LogP contribution in [0.3, 0.4) is 0 Å². The summed E-state index contributed by atoms with van der Waals surface area (Å²) in [5.74, 6) is -1.48. The minimum absolute atomic E-state index is 0.00111. The van der Waals surface area contributed by atoms with Crippen molar-refractivity contribution < 1.29 is 23.3 Å². The fourth-order valence-electron chi connectivity index (χ4n) is 2.49. The molecule has 1 unspecified atom stereocenters. The number of carbonyl (C=O) groups excluding carboxylic acids is 1. The first-order valence-corrected chi connectivity index (χ1v) is 9.37. The Bertz CT molecular complexity index is 942. The molecular formula is C20H16O5S. The fourth-order valence-corrected chi connectivity index (χ4v) is 3.52. The van der Waals surface area contributed by atoms with E-state index in [-0.39, 0.29) is 28.8 Å². The van der Waals surface area contributed by atoms with Gasteiger partial charge in [-0.25, -0.2) is 4.79 Å². The molecule has 1 aromatic heterocycles. The van der Waals surface area contributed by atoms with Crippen LogP contribution < -0.4 is 0 Å². The molecule has 0 aliphatic carbocycles. The predicted molar refractivity (Wildman–Crippen MR) is 98.6 cm³/mol. The first-order chi connectivity index (χ1) is 12.5. The normalized spacial score (nSPS) is 11.8. The van der Waals surface area contributed by atoms with Crippen LogP contribution in [-0.4, -0.2) is 26.8 Å². The largest absolute Gasteiger partial charge is 0.475 e. The van der Waals surface area contributed by atoms with Gasteiger partial charge in [-0.2, -0.15) is 0 Å². The van der Waals surface area contributed by atoms with Gasteiger partial charge in [-0.15, -0.1) is 0 Å². The van der Waals surface area contributed by atoms with Gasteiger partial charge in [0.1, 0.15) is 5.76 Å². The lowest BCUT2D eigenvalue weighted by Crippen LogP contribution is -2.12. The fraction of sp³-hybridized carbons (Fsp3) is 0.100. The Labute approximate surface area is 152 Å². The topological polar surface area (TPSA) is 84.6 Å². The zero-order valence-corrected chi connectivity index (χ0v) is 14.6. The second kappa shape index (κ2) is 7.93. The maximum Gasteiger partial charge on any atom is 0.371 e. The van der Waals surface area contributed by atoms with Gasteiger partial charge >= 0.3 is 5.97 Å². The van der Waals surface area contributed by atoms with E-state index in [2.05, 4.69) is 0 Å². The Morgan fingerprint density at radius 3 is 2.15 bits per heavy atom. The number of furan rings is 1. The molecule has 0 saturated heterocycles. The van der Waals surface area contributed by atoms with Gasteiger partial charge in [-0.05, 0) is 23.3 Å². The van der Waals surface area contributed by atoms with Crippen LogP contribution in [0.15, 0.2) is 71.1 Å². The molecule has 6 heteroatoms. The van der Waals surface area contributed by atoms with Crippen molar-refractivity contribution in [2.24, 2.45) is 0 Å². The second-order valence-electron chi connectivity index (χ2n) is 5.67.